The van der Waals surface area contributed by atoms with Crippen molar-refractivity contribution in [2.45, 2.75) is 24.3 Å². The fourth-order valence-electron chi connectivity index (χ4n) is 3.75. The van der Waals surface area contributed by atoms with Gasteiger partial charge in [0.2, 0.25) is 10.0 Å². The minimum Gasteiger partial charge on any atom is -0.493 e. The molecular weight excluding hydrogens is 444 g/mol. The molecule has 1 aromatic heterocycles. The molecule has 1 aliphatic rings. The molecule has 0 unspecified atom stereocenters. The highest BCUT2D eigenvalue weighted by molar-refractivity contribution is 7.89. The second-order valence-electron chi connectivity index (χ2n) is 7.26. The van der Waals surface area contributed by atoms with Crippen LogP contribution in [-0.2, 0) is 23.0 Å². The molecule has 1 N–H and O–H groups in total. The number of hydrogen-bond donors (Lipinski definition) is 1. The van der Waals surface area contributed by atoms with E-state index in [0.717, 1.165) is 31.8 Å². The summed E-state index contributed by atoms with van der Waals surface area (Å²) in [5.41, 5.74) is 2.80. The number of sulfonamides is 1. The second-order valence-corrected chi connectivity index (χ2v) is 9.40. The lowest BCUT2D eigenvalue weighted by Crippen LogP contribution is -2.34. The van der Waals surface area contributed by atoms with Crippen molar-refractivity contribution in [1.29, 1.82) is 0 Å². The first-order valence-electron chi connectivity index (χ1n) is 9.79. The van der Waals surface area contributed by atoms with Gasteiger partial charge in [0.1, 0.15) is 4.90 Å². The van der Waals surface area contributed by atoms with Gasteiger partial charge in [-0.2, -0.15) is 0 Å². The van der Waals surface area contributed by atoms with E-state index in [-0.39, 0.29) is 21.0 Å². The Hall–Kier alpha value is -2.40. The van der Waals surface area contributed by atoms with Crippen LogP contribution in [0.25, 0.3) is 11.0 Å². The van der Waals surface area contributed by atoms with Crippen molar-refractivity contribution in [1.82, 2.24) is 19.9 Å². The number of ether oxygens (including phenoxy) is 2. The van der Waals surface area contributed by atoms with Crippen molar-refractivity contribution in [3.8, 4) is 11.5 Å². The van der Waals surface area contributed by atoms with Gasteiger partial charge in [0.25, 0.3) is 0 Å². The fraction of sp³-hybridized carbons (Fsp3) is 0.400. The van der Waals surface area contributed by atoms with E-state index in [9.17, 15) is 8.42 Å². The van der Waals surface area contributed by atoms with E-state index < -0.39 is 10.0 Å². The molecule has 166 valence electrons. The highest BCUT2D eigenvalue weighted by Gasteiger charge is 2.22. The van der Waals surface area contributed by atoms with Gasteiger partial charge in [-0.3, -0.25) is 4.90 Å². The Morgan fingerprint density at radius 1 is 1.13 bits per heavy atom. The van der Waals surface area contributed by atoms with Crippen LogP contribution in [-0.4, -0.2) is 57.5 Å². The second kappa shape index (κ2) is 8.99. The van der Waals surface area contributed by atoms with Crippen LogP contribution in [0.4, 0.5) is 0 Å². The molecule has 0 fully saturated rings. The Kier molecular flexibility index (Phi) is 6.33. The molecule has 2 aromatic carbocycles. The van der Waals surface area contributed by atoms with Crippen molar-refractivity contribution in [3.63, 3.8) is 0 Å². The molecule has 0 bridgehead atoms. The molecule has 0 atom stereocenters. The number of halogens is 1. The summed E-state index contributed by atoms with van der Waals surface area (Å²) in [4.78, 5) is 2.30. The summed E-state index contributed by atoms with van der Waals surface area (Å²) in [6.45, 7) is 2.74. The lowest BCUT2D eigenvalue weighted by atomic mass is 9.98. The average Bonchev–Trinajstić information content (AvgIpc) is 3.26. The fourth-order valence-corrected chi connectivity index (χ4v) is 5.14. The molecule has 1 aliphatic heterocycles. The van der Waals surface area contributed by atoms with Crippen molar-refractivity contribution in [2.24, 2.45) is 0 Å². The summed E-state index contributed by atoms with van der Waals surface area (Å²) in [5.74, 6) is 1.45. The van der Waals surface area contributed by atoms with Crippen LogP contribution in [0.3, 0.4) is 0 Å². The van der Waals surface area contributed by atoms with Crippen LogP contribution in [0.5, 0.6) is 11.5 Å². The Labute approximate surface area is 185 Å². The summed E-state index contributed by atoms with van der Waals surface area (Å²) >= 11 is 6.01. The number of fused-ring (bicyclic) bond motifs is 2. The largest absolute Gasteiger partial charge is 0.493 e. The van der Waals surface area contributed by atoms with Gasteiger partial charge in [0.05, 0.1) is 19.2 Å². The summed E-state index contributed by atoms with van der Waals surface area (Å²) in [6, 6.07) is 6.92. The summed E-state index contributed by atoms with van der Waals surface area (Å²) in [7, 11) is -0.503. The predicted molar refractivity (Wildman–Crippen MR) is 115 cm³/mol. The molecule has 0 radical (unpaired) electrons. The van der Waals surface area contributed by atoms with Gasteiger partial charge < -0.3 is 9.47 Å². The Morgan fingerprint density at radius 2 is 1.84 bits per heavy atom. The standard InChI is InChI=1S/C20H23ClN4O5S/c1-28-16-10-13-6-9-25(12-14(13)11-17(16)29-2)8-3-7-22-31(26,27)18-5-4-15(21)19-20(18)24-30-23-19/h4-5,10-11,22H,3,6-9,12H2,1-2H3. The summed E-state index contributed by atoms with van der Waals surface area (Å²) in [5, 5.41) is 7.62. The number of benzene rings is 2. The Bertz CT molecular complexity index is 1200. The van der Waals surface area contributed by atoms with E-state index in [4.69, 9.17) is 21.1 Å². The monoisotopic (exact) mass is 466 g/mol. The zero-order valence-corrected chi connectivity index (χ0v) is 18.8. The van der Waals surface area contributed by atoms with E-state index in [1.807, 2.05) is 12.1 Å². The van der Waals surface area contributed by atoms with E-state index in [1.165, 1.54) is 23.3 Å². The number of nitrogens with zero attached hydrogens (tertiary/aromatic N) is 3. The first-order chi connectivity index (χ1) is 14.9. The Morgan fingerprint density at radius 3 is 2.58 bits per heavy atom. The van der Waals surface area contributed by atoms with Crippen LogP contribution in [0.15, 0.2) is 33.8 Å². The van der Waals surface area contributed by atoms with Crippen LogP contribution < -0.4 is 14.2 Å². The third-order valence-corrected chi connectivity index (χ3v) is 7.16. The zero-order chi connectivity index (χ0) is 22.0. The first-order valence-corrected chi connectivity index (χ1v) is 11.7. The van der Waals surface area contributed by atoms with Gasteiger partial charge in [-0.1, -0.05) is 11.6 Å². The quantitative estimate of drug-likeness (QED) is 0.505. The highest BCUT2D eigenvalue weighted by atomic mass is 35.5. The normalized spacial score (nSPS) is 14.5. The highest BCUT2D eigenvalue weighted by Crippen LogP contribution is 2.33. The number of nitrogens with one attached hydrogen (secondary N) is 1. The van der Waals surface area contributed by atoms with E-state index in [1.54, 1.807) is 14.2 Å². The van der Waals surface area contributed by atoms with Crippen molar-refractivity contribution < 1.29 is 22.5 Å². The molecule has 4 rings (SSSR count). The molecule has 31 heavy (non-hydrogen) atoms. The number of rotatable bonds is 8. The van der Waals surface area contributed by atoms with E-state index in [0.29, 0.717) is 18.7 Å². The molecule has 2 heterocycles. The SMILES string of the molecule is COc1cc2c(cc1OC)CN(CCCNS(=O)(=O)c1ccc(Cl)c3nonc13)CC2. The van der Waals surface area contributed by atoms with Crippen LogP contribution in [0, 0.1) is 0 Å². The maximum Gasteiger partial charge on any atom is 0.242 e. The minimum atomic E-state index is -3.76. The topological polar surface area (TPSA) is 107 Å². The summed E-state index contributed by atoms with van der Waals surface area (Å²) < 4.78 is 43.5. The van der Waals surface area contributed by atoms with Crippen molar-refractivity contribution >= 4 is 32.7 Å². The lowest BCUT2D eigenvalue weighted by molar-refractivity contribution is 0.250. The number of methoxy groups -OCH3 is 2. The molecule has 0 aliphatic carbocycles. The smallest absolute Gasteiger partial charge is 0.242 e. The predicted octanol–water partition coefficient (Wildman–Crippen LogP) is 2.62. The minimum absolute atomic E-state index is 0.00101. The van der Waals surface area contributed by atoms with Crippen LogP contribution in [0.1, 0.15) is 17.5 Å². The van der Waals surface area contributed by atoms with Gasteiger partial charge in [-0.15, -0.1) is 0 Å². The van der Waals surface area contributed by atoms with Gasteiger partial charge in [-0.05, 0) is 65.1 Å². The van der Waals surface area contributed by atoms with Gasteiger partial charge in [-0.25, -0.2) is 17.8 Å². The van der Waals surface area contributed by atoms with Gasteiger partial charge >= 0.3 is 0 Å². The number of hydrogen-bond acceptors (Lipinski definition) is 8. The van der Waals surface area contributed by atoms with Crippen LogP contribution in [0.2, 0.25) is 5.02 Å². The third kappa shape index (κ3) is 4.47. The molecule has 0 amide bonds. The van der Waals surface area contributed by atoms with Gasteiger partial charge in [0, 0.05) is 19.6 Å². The maximum atomic E-state index is 12.7. The van der Waals surface area contributed by atoms with Crippen molar-refractivity contribution in [2.75, 3.05) is 33.9 Å². The van der Waals surface area contributed by atoms with Gasteiger partial charge in [0.15, 0.2) is 22.5 Å². The molecule has 0 saturated heterocycles. The molecule has 11 heteroatoms. The third-order valence-electron chi connectivity index (χ3n) is 5.36. The molecule has 0 spiro atoms. The summed E-state index contributed by atoms with van der Waals surface area (Å²) in [6.07, 6.45) is 1.57. The van der Waals surface area contributed by atoms with Crippen LogP contribution >= 0.6 is 11.6 Å². The zero-order valence-electron chi connectivity index (χ0n) is 17.2. The van der Waals surface area contributed by atoms with E-state index >= 15 is 0 Å². The van der Waals surface area contributed by atoms with E-state index in [2.05, 4.69) is 24.6 Å². The number of aromatic nitrogens is 2. The molecule has 3 aromatic rings. The maximum absolute atomic E-state index is 12.7. The Balaban J connectivity index is 1.35. The first kappa shape index (κ1) is 21.8. The van der Waals surface area contributed by atoms with Crippen molar-refractivity contribution in [3.05, 3.63) is 40.4 Å². The average molecular weight is 467 g/mol. The lowest BCUT2D eigenvalue weighted by Gasteiger charge is -2.29. The molecule has 9 nitrogen and oxygen atoms in total. The molecular formula is C20H23ClN4O5S. The molecule has 0 saturated carbocycles.